The average molecular weight is 266 g/mol. The molecule has 90 valence electrons. The Morgan fingerprint density at radius 2 is 2.00 bits per heavy atom. The van der Waals surface area contributed by atoms with Crippen molar-refractivity contribution in [2.45, 2.75) is 19.8 Å². The van der Waals surface area contributed by atoms with Gasteiger partial charge in [0.1, 0.15) is 0 Å². The second kappa shape index (κ2) is 6.18. The molecule has 3 heteroatoms. The molecule has 1 aromatic carbocycles. The highest BCUT2D eigenvalue weighted by Gasteiger charge is 2.11. The minimum absolute atomic E-state index is 0.473. The summed E-state index contributed by atoms with van der Waals surface area (Å²) in [6.45, 7) is 2.04. The van der Waals surface area contributed by atoms with Crippen LogP contribution in [-0.2, 0) is 12.8 Å². The predicted octanol–water partition coefficient (Wildman–Crippen LogP) is 4.09. The molecule has 17 heavy (non-hydrogen) atoms. The molecule has 1 atom stereocenters. The molecule has 0 aliphatic carbocycles. The molecule has 1 unspecified atom stereocenters. The standard InChI is InChI=1S/C14H16ClNS/c1-11-16-14(10-17-11)8-13(9-15)7-12-5-3-2-4-6-12/h2-6,10,13H,7-9H2,1H3. The van der Waals surface area contributed by atoms with Crippen molar-refractivity contribution in [1.82, 2.24) is 4.98 Å². The summed E-state index contributed by atoms with van der Waals surface area (Å²) in [6, 6.07) is 10.5. The smallest absolute Gasteiger partial charge is 0.0897 e. The number of hydrogen-bond acceptors (Lipinski definition) is 2. The Morgan fingerprint density at radius 1 is 1.24 bits per heavy atom. The number of nitrogens with zero attached hydrogens (tertiary/aromatic N) is 1. The van der Waals surface area contributed by atoms with Gasteiger partial charge in [-0.25, -0.2) is 4.98 Å². The fourth-order valence-corrected chi connectivity index (χ4v) is 2.77. The van der Waals surface area contributed by atoms with E-state index in [-0.39, 0.29) is 0 Å². The Balaban J connectivity index is 1.98. The predicted molar refractivity (Wildman–Crippen MR) is 74.9 cm³/mol. The van der Waals surface area contributed by atoms with Crippen LogP contribution in [0.1, 0.15) is 16.3 Å². The maximum atomic E-state index is 6.05. The zero-order valence-corrected chi connectivity index (χ0v) is 11.5. The summed E-state index contributed by atoms with van der Waals surface area (Å²) in [5.41, 5.74) is 2.53. The SMILES string of the molecule is Cc1nc(CC(CCl)Cc2ccccc2)cs1. The van der Waals surface area contributed by atoms with Crippen LogP contribution in [0.15, 0.2) is 35.7 Å². The summed E-state index contributed by atoms with van der Waals surface area (Å²) < 4.78 is 0. The quantitative estimate of drug-likeness (QED) is 0.742. The van der Waals surface area contributed by atoms with E-state index in [1.165, 1.54) is 11.3 Å². The molecule has 0 bridgehead atoms. The summed E-state index contributed by atoms with van der Waals surface area (Å²) in [4.78, 5) is 4.50. The Kier molecular flexibility index (Phi) is 4.57. The Bertz CT molecular complexity index is 452. The van der Waals surface area contributed by atoms with E-state index in [2.05, 4.69) is 34.6 Å². The monoisotopic (exact) mass is 265 g/mol. The number of thiazole rings is 1. The van der Waals surface area contributed by atoms with Gasteiger partial charge in [0, 0.05) is 11.3 Å². The molecule has 1 nitrogen and oxygen atoms in total. The summed E-state index contributed by atoms with van der Waals surface area (Å²) in [5.74, 6) is 1.16. The Morgan fingerprint density at radius 3 is 2.59 bits per heavy atom. The van der Waals surface area contributed by atoms with Gasteiger partial charge in [0.2, 0.25) is 0 Å². The van der Waals surface area contributed by atoms with Gasteiger partial charge in [0.25, 0.3) is 0 Å². The highest BCUT2D eigenvalue weighted by molar-refractivity contribution is 7.09. The van der Waals surface area contributed by atoms with E-state index in [9.17, 15) is 0 Å². The van der Waals surface area contributed by atoms with Crippen molar-refractivity contribution < 1.29 is 0 Å². The fourth-order valence-electron chi connectivity index (χ4n) is 1.93. The van der Waals surface area contributed by atoms with Crippen molar-refractivity contribution in [2.24, 2.45) is 5.92 Å². The van der Waals surface area contributed by atoms with E-state index in [0.29, 0.717) is 11.8 Å². The molecule has 1 aromatic heterocycles. The molecule has 0 amide bonds. The molecule has 0 radical (unpaired) electrons. The van der Waals surface area contributed by atoms with Crippen LogP contribution in [0.5, 0.6) is 0 Å². The number of aryl methyl sites for hydroxylation is 1. The second-order valence-corrected chi connectivity index (χ2v) is 5.64. The largest absolute Gasteiger partial charge is 0.247 e. The van der Waals surface area contributed by atoms with Gasteiger partial charge in [-0.2, -0.15) is 0 Å². The van der Waals surface area contributed by atoms with Crippen LogP contribution in [0.25, 0.3) is 0 Å². The summed E-state index contributed by atoms with van der Waals surface area (Å²) >= 11 is 7.76. The fraction of sp³-hybridized carbons (Fsp3) is 0.357. The van der Waals surface area contributed by atoms with Crippen molar-refractivity contribution in [1.29, 1.82) is 0 Å². The van der Waals surface area contributed by atoms with Gasteiger partial charge in [-0.1, -0.05) is 30.3 Å². The molecule has 0 aliphatic rings. The van der Waals surface area contributed by atoms with Crippen molar-refractivity contribution in [3.8, 4) is 0 Å². The van der Waals surface area contributed by atoms with Crippen LogP contribution in [0, 0.1) is 12.8 Å². The van der Waals surface area contributed by atoms with Crippen molar-refractivity contribution in [3.63, 3.8) is 0 Å². The molecule has 0 spiro atoms. The van der Waals surface area contributed by atoms with E-state index < -0.39 is 0 Å². The van der Waals surface area contributed by atoms with E-state index in [1.54, 1.807) is 11.3 Å². The van der Waals surface area contributed by atoms with Crippen LogP contribution in [0.3, 0.4) is 0 Å². The van der Waals surface area contributed by atoms with Crippen LogP contribution in [0.4, 0.5) is 0 Å². The van der Waals surface area contributed by atoms with E-state index in [0.717, 1.165) is 17.8 Å². The van der Waals surface area contributed by atoms with Crippen molar-refractivity contribution in [2.75, 3.05) is 5.88 Å². The van der Waals surface area contributed by atoms with Gasteiger partial charge in [-0.15, -0.1) is 22.9 Å². The topological polar surface area (TPSA) is 12.9 Å². The first kappa shape index (κ1) is 12.6. The van der Waals surface area contributed by atoms with Gasteiger partial charge in [0.05, 0.1) is 10.7 Å². The number of alkyl halides is 1. The normalized spacial score (nSPS) is 12.6. The number of hydrogen-bond donors (Lipinski definition) is 0. The van der Waals surface area contributed by atoms with Crippen LogP contribution in [-0.4, -0.2) is 10.9 Å². The van der Waals surface area contributed by atoms with Crippen LogP contribution in [0.2, 0.25) is 0 Å². The minimum Gasteiger partial charge on any atom is -0.247 e. The van der Waals surface area contributed by atoms with Crippen LogP contribution >= 0.6 is 22.9 Å². The minimum atomic E-state index is 0.473. The third-order valence-electron chi connectivity index (χ3n) is 2.75. The zero-order valence-electron chi connectivity index (χ0n) is 9.90. The van der Waals surface area contributed by atoms with Gasteiger partial charge in [-0.05, 0) is 31.2 Å². The number of benzene rings is 1. The number of halogens is 1. The molecule has 0 aliphatic heterocycles. The Labute approximate surface area is 111 Å². The third kappa shape index (κ3) is 3.83. The molecular formula is C14H16ClNS. The second-order valence-electron chi connectivity index (χ2n) is 4.27. The van der Waals surface area contributed by atoms with E-state index in [4.69, 9.17) is 11.6 Å². The third-order valence-corrected chi connectivity index (χ3v) is 4.01. The molecule has 0 saturated carbocycles. The average Bonchev–Trinajstić information content (AvgIpc) is 2.75. The maximum Gasteiger partial charge on any atom is 0.0897 e. The van der Waals surface area contributed by atoms with Gasteiger partial charge in [-0.3, -0.25) is 0 Å². The molecular weight excluding hydrogens is 250 g/mol. The lowest BCUT2D eigenvalue weighted by molar-refractivity contribution is 0.577. The summed E-state index contributed by atoms with van der Waals surface area (Å²) in [5, 5.41) is 3.27. The van der Waals surface area contributed by atoms with Crippen molar-refractivity contribution in [3.05, 3.63) is 52.0 Å². The van der Waals surface area contributed by atoms with Gasteiger partial charge >= 0.3 is 0 Å². The lowest BCUT2D eigenvalue weighted by Gasteiger charge is -2.12. The molecule has 0 fully saturated rings. The highest BCUT2D eigenvalue weighted by atomic mass is 35.5. The first-order valence-corrected chi connectivity index (χ1v) is 7.20. The summed E-state index contributed by atoms with van der Waals surface area (Å²) in [7, 11) is 0. The van der Waals surface area contributed by atoms with Crippen molar-refractivity contribution >= 4 is 22.9 Å². The highest BCUT2D eigenvalue weighted by Crippen LogP contribution is 2.17. The first-order chi connectivity index (χ1) is 8.28. The number of rotatable bonds is 5. The summed E-state index contributed by atoms with van der Waals surface area (Å²) in [6.07, 6.45) is 2.00. The van der Waals surface area contributed by atoms with E-state index in [1.807, 2.05) is 13.0 Å². The van der Waals surface area contributed by atoms with Crippen LogP contribution < -0.4 is 0 Å². The van der Waals surface area contributed by atoms with E-state index >= 15 is 0 Å². The molecule has 0 saturated heterocycles. The molecule has 2 rings (SSSR count). The van der Waals surface area contributed by atoms with Gasteiger partial charge in [0.15, 0.2) is 0 Å². The zero-order chi connectivity index (χ0) is 12.1. The van der Waals surface area contributed by atoms with Gasteiger partial charge < -0.3 is 0 Å². The molecule has 2 aromatic rings. The molecule has 0 N–H and O–H groups in total. The lowest BCUT2D eigenvalue weighted by atomic mass is 9.97. The first-order valence-electron chi connectivity index (χ1n) is 5.79. The Hall–Kier alpha value is -0.860. The number of aromatic nitrogens is 1. The lowest BCUT2D eigenvalue weighted by Crippen LogP contribution is -2.10. The molecule has 1 heterocycles. The maximum absolute atomic E-state index is 6.05.